The van der Waals surface area contributed by atoms with Gasteiger partial charge in [-0.25, -0.2) is 0 Å². The Morgan fingerprint density at radius 2 is 1.63 bits per heavy atom. The topological polar surface area (TPSA) is 51.1 Å². The zero-order valence-electron chi connectivity index (χ0n) is 15.7. The lowest BCUT2D eigenvalue weighted by Crippen LogP contribution is -2.25. The normalized spacial score (nSPS) is 10.6. The number of anilines is 1. The van der Waals surface area contributed by atoms with Crippen LogP contribution in [0.15, 0.2) is 71.7 Å². The number of hydrogen-bond donors (Lipinski definition) is 1. The molecule has 138 valence electrons. The standard InChI is InChI=1S/C23H24N2O2/c1-17-13-18(2)15-20(14-17)10-11-22(26)24-21-9-6-12-25(23(21)27)16-19-7-4-3-5-8-19/h3-9,12-15H,10-11,16H2,1-2H3,(H,24,26). The van der Waals surface area contributed by atoms with Gasteiger partial charge in [0.05, 0.1) is 6.54 Å². The van der Waals surface area contributed by atoms with Gasteiger partial charge in [0.2, 0.25) is 5.91 Å². The minimum atomic E-state index is -0.193. The zero-order valence-corrected chi connectivity index (χ0v) is 15.7. The molecule has 0 aliphatic carbocycles. The van der Waals surface area contributed by atoms with Crippen LogP contribution in [0.4, 0.5) is 5.69 Å². The molecule has 3 aromatic rings. The zero-order chi connectivity index (χ0) is 19.2. The number of aryl methyl sites for hydroxylation is 3. The smallest absolute Gasteiger partial charge is 0.274 e. The summed E-state index contributed by atoms with van der Waals surface area (Å²) in [5.41, 5.74) is 4.68. The number of nitrogens with zero attached hydrogens (tertiary/aromatic N) is 1. The van der Waals surface area contributed by atoms with Gasteiger partial charge < -0.3 is 9.88 Å². The molecular formula is C23H24N2O2. The number of benzene rings is 2. The van der Waals surface area contributed by atoms with Crippen LogP contribution in [0.3, 0.4) is 0 Å². The lowest BCUT2D eigenvalue weighted by molar-refractivity contribution is -0.116. The summed E-state index contributed by atoms with van der Waals surface area (Å²) < 4.78 is 1.61. The first kappa shape index (κ1) is 18.6. The molecule has 4 nitrogen and oxygen atoms in total. The number of hydrogen-bond acceptors (Lipinski definition) is 2. The third-order valence-corrected chi connectivity index (χ3v) is 4.41. The van der Waals surface area contributed by atoms with Gasteiger partial charge in [0.15, 0.2) is 0 Å². The van der Waals surface area contributed by atoms with Crippen molar-refractivity contribution < 1.29 is 4.79 Å². The largest absolute Gasteiger partial charge is 0.321 e. The van der Waals surface area contributed by atoms with Crippen molar-refractivity contribution >= 4 is 11.6 Å². The number of amides is 1. The highest BCUT2D eigenvalue weighted by Crippen LogP contribution is 2.11. The van der Waals surface area contributed by atoms with Gasteiger partial charge in [-0.15, -0.1) is 0 Å². The molecule has 2 aromatic carbocycles. The number of aromatic nitrogens is 1. The van der Waals surface area contributed by atoms with E-state index in [-0.39, 0.29) is 11.5 Å². The third-order valence-electron chi connectivity index (χ3n) is 4.41. The number of rotatable bonds is 6. The summed E-state index contributed by atoms with van der Waals surface area (Å²) in [6.07, 6.45) is 2.73. The Labute approximate surface area is 159 Å². The quantitative estimate of drug-likeness (QED) is 0.720. The summed E-state index contributed by atoms with van der Waals surface area (Å²) in [4.78, 5) is 24.9. The molecule has 0 saturated heterocycles. The molecule has 0 fully saturated rings. The molecule has 0 saturated carbocycles. The summed E-state index contributed by atoms with van der Waals surface area (Å²) >= 11 is 0. The van der Waals surface area contributed by atoms with E-state index in [0.29, 0.717) is 25.1 Å². The maximum Gasteiger partial charge on any atom is 0.274 e. The molecule has 0 radical (unpaired) electrons. The molecule has 0 bridgehead atoms. The maximum absolute atomic E-state index is 12.6. The fraction of sp³-hybridized carbons (Fsp3) is 0.217. The van der Waals surface area contributed by atoms with Crippen molar-refractivity contribution in [3.8, 4) is 0 Å². The Morgan fingerprint density at radius 1 is 0.926 bits per heavy atom. The number of nitrogens with one attached hydrogen (secondary N) is 1. The first-order valence-electron chi connectivity index (χ1n) is 9.12. The van der Waals surface area contributed by atoms with E-state index in [4.69, 9.17) is 0 Å². The molecule has 1 aromatic heterocycles. The molecular weight excluding hydrogens is 336 g/mol. The van der Waals surface area contributed by atoms with Crippen molar-refractivity contribution in [3.05, 3.63) is 99.5 Å². The van der Waals surface area contributed by atoms with Crippen LogP contribution in [0.25, 0.3) is 0 Å². The van der Waals surface area contributed by atoms with Crippen LogP contribution in [0.1, 0.15) is 28.7 Å². The van der Waals surface area contributed by atoms with Crippen molar-refractivity contribution in [2.75, 3.05) is 5.32 Å². The summed E-state index contributed by atoms with van der Waals surface area (Å²) in [7, 11) is 0. The van der Waals surface area contributed by atoms with Crippen LogP contribution in [-0.2, 0) is 17.8 Å². The van der Waals surface area contributed by atoms with Gasteiger partial charge in [0.1, 0.15) is 5.69 Å². The predicted octanol–water partition coefficient (Wildman–Crippen LogP) is 4.08. The molecule has 0 spiro atoms. The first-order chi connectivity index (χ1) is 13.0. The molecule has 0 unspecified atom stereocenters. The minimum absolute atomic E-state index is 0.149. The van der Waals surface area contributed by atoms with Crippen LogP contribution in [0, 0.1) is 13.8 Å². The van der Waals surface area contributed by atoms with Crippen molar-refractivity contribution in [1.82, 2.24) is 4.57 Å². The molecule has 3 rings (SSSR count). The third kappa shape index (κ3) is 5.17. The van der Waals surface area contributed by atoms with E-state index in [1.54, 1.807) is 22.9 Å². The maximum atomic E-state index is 12.6. The lowest BCUT2D eigenvalue weighted by Gasteiger charge is -2.10. The van der Waals surface area contributed by atoms with Gasteiger partial charge in [-0.2, -0.15) is 0 Å². The fourth-order valence-electron chi connectivity index (χ4n) is 3.22. The second-order valence-corrected chi connectivity index (χ2v) is 6.88. The molecule has 27 heavy (non-hydrogen) atoms. The van der Waals surface area contributed by atoms with E-state index in [1.807, 2.05) is 30.3 Å². The van der Waals surface area contributed by atoms with Crippen molar-refractivity contribution in [2.45, 2.75) is 33.2 Å². The SMILES string of the molecule is Cc1cc(C)cc(CCC(=O)Nc2cccn(Cc3ccccc3)c2=O)c1. The average molecular weight is 360 g/mol. The number of pyridine rings is 1. The molecule has 1 N–H and O–H groups in total. The van der Waals surface area contributed by atoms with Crippen LogP contribution >= 0.6 is 0 Å². The van der Waals surface area contributed by atoms with Gasteiger partial charge in [-0.05, 0) is 43.5 Å². The van der Waals surface area contributed by atoms with Gasteiger partial charge in [-0.1, -0.05) is 59.7 Å². The monoisotopic (exact) mass is 360 g/mol. The highest BCUT2D eigenvalue weighted by atomic mass is 16.2. The summed E-state index contributed by atoms with van der Waals surface area (Å²) in [6.45, 7) is 4.58. The molecule has 0 aliphatic rings. The molecule has 0 aliphatic heterocycles. The van der Waals surface area contributed by atoms with E-state index < -0.39 is 0 Å². The lowest BCUT2D eigenvalue weighted by atomic mass is 10.0. The number of carbonyl (C=O) groups excluding carboxylic acids is 1. The second-order valence-electron chi connectivity index (χ2n) is 6.88. The molecule has 1 amide bonds. The highest BCUT2D eigenvalue weighted by molar-refractivity contribution is 5.90. The molecule has 1 heterocycles. The average Bonchev–Trinajstić information content (AvgIpc) is 2.63. The molecule has 4 heteroatoms. The second kappa shape index (κ2) is 8.49. The van der Waals surface area contributed by atoms with Gasteiger partial charge in [0, 0.05) is 12.6 Å². The first-order valence-corrected chi connectivity index (χ1v) is 9.12. The Kier molecular flexibility index (Phi) is 5.87. The van der Waals surface area contributed by atoms with E-state index in [1.165, 1.54) is 11.1 Å². The van der Waals surface area contributed by atoms with Crippen molar-refractivity contribution in [3.63, 3.8) is 0 Å². The van der Waals surface area contributed by atoms with Crippen LogP contribution < -0.4 is 10.9 Å². The van der Waals surface area contributed by atoms with Crippen molar-refractivity contribution in [1.29, 1.82) is 0 Å². The van der Waals surface area contributed by atoms with Gasteiger partial charge >= 0.3 is 0 Å². The summed E-state index contributed by atoms with van der Waals surface area (Å²) in [5.74, 6) is -0.149. The minimum Gasteiger partial charge on any atom is -0.321 e. The van der Waals surface area contributed by atoms with Crippen LogP contribution in [-0.4, -0.2) is 10.5 Å². The van der Waals surface area contributed by atoms with Gasteiger partial charge in [0.25, 0.3) is 5.56 Å². The Balaban J connectivity index is 1.65. The van der Waals surface area contributed by atoms with Gasteiger partial charge in [-0.3, -0.25) is 9.59 Å². The van der Waals surface area contributed by atoms with E-state index >= 15 is 0 Å². The Hall–Kier alpha value is -3.14. The van der Waals surface area contributed by atoms with Crippen LogP contribution in [0.2, 0.25) is 0 Å². The highest BCUT2D eigenvalue weighted by Gasteiger charge is 2.09. The van der Waals surface area contributed by atoms with Crippen LogP contribution in [0.5, 0.6) is 0 Å². The van der Waals surface area contributed by atoms with E-state index in [9.17, 15) is 9.59 Å². The van der Waals surface area contributed by atoms with E-state index in [0.717, 1.165) is 11.1 Å². The van der Waals surface area contributed by atoms with E-state index in [2.05, 4.69) is 37.4 Å². The summed E-state index contributed by atoms with van der Waals surface area (Å²) in [5, 5.41) is 2.76. The Morgan fingerprint density at radius 3 is 2.33 bits per heavy atom. The fourth-order valence-corrected chi connectivity index (χ4v) is 3.22. The Bertz CT molecular complexity index is 971. The molecule has 0 atom stereocenters. The number of carbonyl (C=O) groups is 1. The predicted molar refractivity (Wildman–Crippen MR) is 109 cm³/mol. The van der Waals surface area contributed by atoms with Crippen molar-refractivity contribution in [2.24, 2.45) is 0 Å². The summed E-state index contributed by atoms with van der Waals surface area (Å²) in [6, 6.07) is 19.5.